The van der Waals surface area contributed by atoms with Gasteiger partial charge in [-0.3, -0.25) is 0 Å². The number of aromatic nitrogens is 1. The van der Waals surface area contributed by atoms with Gasteiger partial charge in [-0.25, -0.2) is 9.98 Å². The SMILES string of the molecule is CC1=C(c2ccc(Oc3nccc4c3CCN4C3CCCCO3)cc2C)C(C)N(C)C=N1. The second-order valence-electron chi connectivity index (χ2n) is 9.04. The molecule has 0 N–H and O–H groups in total. The molecule has 0 spiro atoms. The molecule has 1 fully saturated rings. The summed E-state index contributed by atoms with van der Waals surface area (Å²) in [5.41, 5.74) is 7.12. The number of fused-ring (bicyclic) bond motifs is 1. The van der Waals surface area contributed by atoms with E-state index in [1.807, 2.05) is 18.6 Å². The zero-order chi connectivity index (χ0) is 22.2. The number of hydrogen-bond donors (Lipinski definition) is 0. The maximum Gasteiger partial charge on any atom is 0.224 e. The second kappa shape index (κ2) is 8.58. The van der Waals surface area contributed by atoms with Gasteiger partial charge in [0.2, 0.25) is 5.88 Å². The lowest BCUT2D eigenvalue weighted by Crippen LogP contribution is -2.38. The molecule has 32 heavy (non-hydrogen) atoms. The van der Waals surface area contributed by atoms with Gasteiger partial charge in [-0.15, -0.1) is 0 Å². The smallest absolute Gasteiger partial charge is 0.224 e. The summed E-state index contributed by atoms with van der Waals surface area (Å²) in [5.74, 6) is 1.52. The van der Waals surface area contributed by atoms with Gasteiger partial charge in [0.1, 0.15) is 12.0 Å². The summed E-state index contributed by atoms with van der Waals surface area (Å²) >= 11 is 0. The summed E-state index contributed by atoms with van der Waals surface area (Å²) in [6, 6.07) is 8.69. The van der Waals surface area contributed by atoms with Crippen molar-refractivity contribution in [2.45, 2.75) is 58.7 Å². The minimum Gasteiger partial charge on any atom is -0.439 e. The molecule has 6 heteroatoms. The van der Waals surface area contributed by atoms with Gasteiger partial charge in [0.15, 0.2) is 0 Å². The number of ether oxygens (including phenoxy) is 2. The van der Waals surface area contributed by atoms with E-state index in [2.05, 4.69) is 65.8 Å². The van der Waals surface area contributed by atoms with E-state index in [0.717, 1.165) is 43.9 Å². The van der Waals surface area contributed by atoms with Crippen molar-refractivity contribution in [1.82, 2.24) is 9.88 Å². The van der Waals surface area contributed by atoms with Crippen molar-refractivity contribution in [2.24, 2.45) is 4.99 Å². The molecule has 1 aromatic heterocycles. The van der Waals surface area contributed by atoms with Crippen molar-refractivity contribution < 1.29 is 9.47 Å². The van der Waals surface area contributed by atoms with Crippen molar-refractivity contribution in [3.05, 3.63) is 52.8 Å². The van der Waals surface area contributed by atoms with Crippen LogP contribution in [0.1, 0.15) is 49.8 Å². The first-order valence-electron chi connectivity index (χ1n) is 11.6. The summed E-state index contributed by atoms with van der Waals surface area (Å²) in [5, 5.41) is 0. The highest BCUT2D eigenvalue weighted by molar-refractivity contribution is 5.80. The Morgan fingerprint density at radius 2 is 2.03 bits per heavy atom. The van der Waals surface area contributed by atoms with Crippen LogP contribution >= 0.6 is 0 Å². The maximum absolute atomic E-state index is 6.32. The van der Waals surface area contributed by atoms with E-state index < -0.39 is 0 Å². The Kier molecular flexibility index (Phi) is 5.64. The number of hydrogen-bond acceptors (Lipinski definition) is 6. The number of aryl methyl sites for hydroxylation is 1. The first-order valence-corrected chi connectivity index (χ1v) is 11.6. The van der Waals surface area contributed by atoms with Crippen molar-refractivity contribution in [3.8, 4) is 11.6 Å². The standard InChI is InChI=1S/C26H32N4O2/c1-17-15-20(8-9-21(17)25-18(2)28-16-29(4)19(25)3)32-26-22-11-13-30(23(22)10-12-27-26)24-7-5-6-14-31-24/h8-10,12,15-16,19,24H,5-7,11,13-14H2,1-4H3. The van der Waals surface area contributed by atoms with E-state index in [4.69, 9.17) is 9.47 Å². The molecule has 3 aliphatic heterocycles. The van der Waals surface area contributed by atoms with Gasteiger partial charge >= 0.3 is 0 Å². The molecule has 0 saturated carbocycles. The Bertz CT molecular complexity index is 1070. The Morgan fingerprint density at radius 1 is 1.16 bits per heavy atom. The maximum atomic E-state index is 6.32. The van der Waals surface area contributed by atoms with Crippen molar-refractivity contribution in [2.75, 3.05) is 25.1 Å². The Hall–Kier alpha value is -2.86. The molecule has 2 atom stereocenters. The molecule has 168 valence electrons. The van der Waals surface area contributed by atoms with Crippen LogP contribution in [0.15, 0.2) is 41.2 Å². The minimum atomic E-state index is 0.177. The average molecular weight is 433 g/mol. The molecule has 4 heterocycles. The number of nitrogens with zero attached hydrogens (tertiary/aromatic N) is 4. The van der Waals surface area contributed by atoms with Gasteiger partial charge in [0, 0.05) is 48.9 Å². The highest BCUT2D eigenvalue weighted by atomic mass is 16.5. The van der Waals surface area contributed by atoms with Gasteiger partial charge < -0.3 is 19.3 Å². The molecule has 0 bridgehead atoms. The van der Waals surface area contributed by atoms with E-state index in [-0.39, 0.29) is 12.3 Å². The van der Waals surface area contributed by atoms with E-state index >= 15 is 0 Å². The normalized spacial score (nSPS) is 23.0. The quantitative estimate of drug-likeness (QED) is 0.668. The Morgan fingerprint density at radius 3 is 2.81 bits per heavy atom. The number of aliphatic imine (C=N–C) groups is 1. The average Bonchev–Trinajstić information content (AvgIpc) is 3.24. The van der Waals surface area contributed by atoms with E-state index in [9.17, 15) is 0 Å². The van der Waals surface area contributed by atoms with Crippen molar-refractivity contribution in [1.29, 1.82) is 0 Å². The fourth-order valence-electron chi connectivity index (χ4n) is 5.06. The van der Waals surface area contributed by atoms with E-state index in [1.165, 1.54) is 34.4 Å². The van der Waals surface area contributed by atoms with Gasteiger partial charge in [0.05, 0.1) is 12.4 Å². The molecule has 5 rings (SSSR count). The van der Waals surface area contributed by atoms with Crippen LogP contribution in [0.2, 0.25) is 0 Å². The third-order valence-electron chi connectivity index (χ3n) is 6.96. The molecule has 0 amide bonds. The first kappa shape index (κ1) is 21.0. The van der Waals surface area contributed by atoms with Crippen LogP contribution in [0.3, 0.4) is 0 Å². The fraction of sp³-hybridized carbons (Fsp3) is 0.462. The molecular weight excluding hydrogens is 400 g/mol. The molecule has 1 saturated heterocycles. The monoisotopic (exact) mass is 432 g/mol. The van der Waals surface area contributed by atoms with Crippen molar-refractivity contribution in [3.63, 3.8) is 0 Å². The van der Waals surface area contributed by atoms with Crippen LogP contribution < -0.4 is 9.64 Å². The largest absolute Gasteiger partial charge is 0.439 e. The first-order chi connectivity index (χ1) is 15.5. The van der Waals surface area contributed by atoms with E-state index in [0.29, 0.717) is 5.88 Å². The number of allylic oxidation sites excluding steroid dienone is 1. The number of likely N-dealkylation sites (N-methyl/N-ethyl adjacent to an activating group) is 1. The van der Waals surface area contributed by atoms with Gasteiger partial charge in [-0.2, -0.15) is 0 Å². The summed E-state index contributed by atoms with van der Waals surface area (Å²) in [6.45, 7) is 8.25. The number of pyridine rings is 1. The van der Waals surface area contributed by atoms with Crippen LogP contribution in [0.25, 0.3) is 5.57 Å². The van der Waals surface area contributed by atoms with Crippen LogP contribution in [0.4, 0.5) is 5.69 Å². The minimum absolute atomic E-state index is 0.177. The molecule has 0 aliphatic carbocycles. The van der Waals surface area contributed by atoms with Gasteiger partial charge in [-0.1, -0.05) is 6.07 Å². The highest BCUT2D eigenvalue weighted by Crippen LogP contribution is 2.39. The third kappa shape index (κ3) is 3.77. The van der Waals surface area contributed by atoms with Crippen LogP contribution in [-0.4, -0.2) is 48.7 Å². The zero-order valence-electron chi connectivity index (χ0n) is 19.5. The third-order valence-corrected chi connectivity index (χ3v) is 6.96. The number of anilines is 1. The number of benzene rings is 1. The van der Waals surface area contributed by atoms with Crippen LogP contribution in [0.5, 0.6) is 11.6 Å². The Balaban J connectivity index is 1.40. The Labute approximate surface area is 190 Å². The molecule has 2 unspecified atom stereocenters. The summed E-state index contributed by atoms with van der Waals surface area (Å²) in [7, 11) is 2.07. The molecule has 3 aliphatic rings. The van der Waals surface area contributed by atoms with Crippen molar-refractivity contribution >= 4 is 17.6 Å². The summed E-state index contributed by atoms with van der Waals surface area (Å²) < 4.78 is 12.4. The fourth-order valence-corrected chi connectivity index (χ4v) is 5.06. The second-order valence-corrected chi connectivity index (χ2v) is 9.04. The van der Waals surface area contributed by atoms with Crippen LogP contribution in [0, 0.1) is 6.92 Å². The van der Waals surface area contributed by atoms with Crippen LogP contribution in [-0.2, 0) is 11.2 Å². The summed E-state index contributed by atoms with van der Waals surface area (Å²) in [6.07, 6.45) is 8.34. The lowest BCUT2D eigenvalue weighted by Gasteiger charge is -2.33. The van der Waals surface area contributed by atoms with Gasteiger partial charge in [0.25, 0.3) is 0 Å². The lowest BCUT2D eigenvalue weighted by atomic mass is 9.92. The molecule has 2 aromatic rings. The molecular formula is C26H32N4O2. The predicted molar refractivity (Wildman–Crippen MR) is 128 cm³/mol. The van der Waals surface area contributed by atoms with Gasteiger partial charge in [-0.05, 0) is 75.8 Å². The topological polar surface area (TPSA) is 50.2 Å². The number of rotatable bonds is 4. The zero-order valence-corrected chi connectivity index (χ0v) is 19.5. The molecule has 0 radical (unpaired) electrons. The highest BCUT2D eigenvalue weighted by Gasteiger charge is 2.30. The lowest BCUT2D eigenvalue weighted by molar-refractivity contribution is 0.0154. The molecule has 1 aromatic carbocycles. The predicted octanol–water partition coefficient (Wildman–Crippen LogP) is 5.16. The van der Waals surface area contributed by atoms with E-state index in [1.54, 1.807) is 0 Å². The molecule has 6 nitrogen and oxygen atoms in total. The summed E-state index contributed by atoms with van der Waals surface area (Å²) in [4.78, 5) is 13.7.